The van der Waals surface area contributed by atoms with Crippen LogP contribution in [0, 0.1) is 20.8 Å². The van der Waals surface area contributed by atoms with Crippen LogP contribution in [-0.2, 0) is 19.6 Å². The van der Waals surface area contributed by atoms with Gasteiger partial charge in [0.25, 0.3) is 17.7 Å². The number of anilines is 5. The molecule has 0 saturated carbocycles. The van der Waals surface area contributed by atoms with Crippen LogP contribution >= 0.6 is 113 Å². The third-order valence-electron chi connectivity index (χ3n) is 15.0. The van der Waals surface area contributed by atoms with E-state index in [0.29, 0.717) is 122 Å². The molecular weight excluding hydrogens is 1490 g/mol. The summed E-state index contributed by atoms with van der Waals surface area (Å²) in [7, 11) is 4.47. The molecular formula is C66H53Br2Cl7N14O6. The summed E-state index contributed by atoms with van der Waals surface area (Å²) < 4.78 is 22.8. The molecule has 12 rings (SSSR count). The van der Waals surface area contributed by atoms with E-state index in [1.165, 1.54) is 40.3 Å². The normalized spacial score (nSPS) is 11.0. The van der Waals surface area contributed by atoms with Gasteiger partial charge < -0.3 is 55.3 Å². The highest BCUT2D eigenvalue weighted by Crippen LogP contribution is 2.48. The fourth-order valence-corrected chi connectivity index (χ4v) is 13.8. The van der Waals surface area contributed by atoms with Crippen molar-refractivity contribution >= 4 is 193 Å². The number of carbonyl (C=O) groups excluding carboxylic acids is 3. The lowest BCUT2D eigenvalue weighted by atomic mass is 10.2. The molecule has 486 valence electrons. The third kappa shape index (κ3) is 14.4. The van der Waals surface area contributed by atoms with E-state index in [1.54, 1.807) is 45.4 Å². The Kier molecular flexibility index (Phi) is 22.0. The number of nitrogen functional groups attached to an aromatic ring is 2. The van der Waals surface area contributed by atoms with E-state index in [1.807, 2.05) is 105 Å². The van der Waals surface area contributed by atoms with E-state index >= 15 is 0 Å². The van der Waals surface area contributed by atoms with Crippen LogP contribution in [-0.4, -0.2) is 82.7 Å². The van der Waals surface area contributed by atoms with Crippen LogP contribution in [0.3, 0.4) is 0 Å². The monoisotopic (exact) mass is 1540 g/mol. The van der Waals surface area contributed by atoms with E-state index in [9.17, 15) is 14.4 Å². The maximum Gasteiger partial charge on any atom is 0.259 e. The van der Waals surface area contributed by atoms with E-state index in [4.69, 9.17) is 107 Å². The number of rotatable bonds is 15. The van der Waals surface area contributed by atoms with E-state index < -0.39 is 17.7 Å². The number of fused-ring (bicyclic) bond motifs is 3. The highest BCUT2D eigenvalue weighted by Gasteiger charge is 2.28. The van der Waals surface area contributed by atoms with Gasteiger partial charge >= 0.3 is 0 Å². The van der Waals surface area contributed by atoms with Gasteiger partial charge in [-0.1, -0.05) is 172 Å². The van der Waals surface area contributed by atoms with Crippen molar-refractivity contribution in [2.45, 2.75) is 40.4 Å². The highest BCUT2D eigenvalue weighted by molar-refractivity contribution is 9.11. The average molecular weight is 1550 g/mol. The van der Waals surface area contributed by atoms with Gasteiger partial charge in [-0.2, -0.15) is 0 Å². The molecule has 0 aliphatic rings. The molecule has 0 radical (unpaired) electrons. The molecule has 29 heteroatoms. The van der Waals surface area contributed by atoms with Crippen molar-refractivity contribution in [1.82, 2.24) is 43.6 Å². The number of aromatic nitrogens is 9. The Balaban J connectivity index is 0.000000155. The second kappa shape index (κ2) is 30.1. The second-order valence-electron chi connectivity index (χ2n) is 21.0. The number of methoxy groups -OCH3 is 3. The molecule has 6 heterocycles. The molecule has 12 aromatic rings. The Morgan fingerprint density at radius 2 is 0.789 bits per heavy atom. The zero-order chi connectivity index (χ0) is 68.1. The maximum absolute atomic E-state index is 13.3. The number of benzene rings is 6. The molecule has 0 saturated heterocycles. The molecule has 7 N–H and O–H groups in total. The number of hydrogen-bond donors (Lipinski definition) is 5. The number of nitrogens with zero attached hydrogens (tertiary/aromatic N) is 9. The highest BCUT2D eigenvalue weighted by atomic mass is 79.9. The number of amides is 3. The van der Waals surface area contributed by atoms with Crippen LogP contribution in [0.2, 0.25) is 35.3 Å². The van der Waals surface area contributed by atoms with Gasteiger partial charge in [0, 0.05) is 38.2 Å². The summed E-state index contributed by atoms with van der Waals surface area (Å²) in [6, 6.07) is 31.1. The summed E-state index contributed by atoms with van der Waals surface area (Å²) in [6.07, 6.45) is 9.07. The summed E-state index contributed by atoms with van der Waals surface area (Å²) in [4.78, 5) is 65.0. The Hall–Kier alpha value is -8.42. The van der Waals surface area contributed by atoms with Crippen LogP contribution in [0.1, 0.15) is 64.5 Å². The average Bonchev–Trinajstić information content (AvgIpc) is 1.73. The lowest BCUT2D eigenvalue weighted by molar-refractivity contribution is 0.102. The molecule has 6 aromatic heterocycles. The number of aryl methyl sites for hydroxylation is 1. The summed E-state index contributed by atoms with van der Waals surface area (Å²) in [6.45, 7) is 6.87. The van der Waals surface area contributed by atoms with Crippen LogP contribution in [0.5, 0.6) is 17.2 Å². The smallest absolute Gasteiger partial charge is 0.259 e. The van der Waals surface area contributed by atoms with E-state index in [-0.39, 0.29) is 48.9 Å². The first-order valence-corrected chi connectivity index (χ1v) is 32.5. The van der Waals surface area contributed by atoms with Gasteiger partial charge in [-0.3, -0.25) is 14.4 Å². The van der Waals surface area contributed by atoms with Crippen molar-refractivity contribution < 1.29 is 28.6 Å². The summed E-state index contributed by atoms with van der Waals surface area (Å²) in [5.41, 5.74) is 22.2. The van der Waals surface area contributed by atoms with Gasteiger partial charge in [0.1, 0.15) is 72.9 Å². The standard InChI is InChI=1S/C22H16BrCl3N4O2.C22H18BrCl2N5O2.C22H19Cl2N5O2/c2*1-11-14(23)20(32-2)16(25)18(15(11)24)29-22(31)13-9-30(8-12-6-4-3-5-7-12)19-17(13)27-10-28-21(19)26;1-12-8-15(31-2)17(24)19(16(12)23)28-22(30)14-10-29(9-13-6-4-3-5-7-13)20-18(14)26-11-27-21(20)25/h3-7,9-10H,8H2,1-2H3,(H,29,31);3-7,9-10H,8H2,1-2H3,(H,29,31)(H2,26,27,28);3-8,10-11H,9H2,1-2H3,(H,28,30)(H2,25,26,27). The van der Waals surface area contributed by atoms with Gasteiger partial charge in [0.15, 0.2) is 28.3 Å². The number of hydrogen-bond acceptors (Lipinski definition) is 14. The van der Waals surface area contributed by atoms with Crippen LogP contribution in [0.25, 0.3) is 33.1 Å². The molecule has 20 nitrogen and oxygen atoms in total. The van der Waals surface area contributed by atoms with Gasteiger partial charge in [-0.25, -0.2) is 29.9 Å². The van der Waals surface area contributed by atoms with Crippen molar-refractivity contribution in [2.75, 3.05) is 48.7 Å². The topological polar surface area (TPSA) is 259 Å². The number of carbonyl (C=O) groups is 3. The van der Waals surface area contributed by atoms with E-state index in [2.05, 4.69) is 77.7 Å². The van der Waals surface area contributed by atoms with Crippen molar-refractivity contribution in [3.8, 4) is 17.2 Å². The lowest BCUT2D eigenvalue weighted by Crippen LogP contribution is -2.13. The van der Waals surface area contributed by atoms with Gasteiger partial charge in [0.2, 0.25) is 0 Å². The van der Waals surface area contributed by atoms with Crippen molar-refractivity contribution in [1.29, 1.82) is 0 Å². The van der Waals surface area contributed by atoms with Crippen LogP contribution in [0.15, 0.2) is 144 Å². The summed E-state index contributed by atoms with van der Waals surface area (Å²) >= 11 is 51.9. The zero-order valence-corrected chi connectivity index (χ0v) is 59.3. The lowest BCUT2D eigenvalue weighted by Gasteiger charge is -2.16. The quantitative estimate of drug-likeness (QED) is 0.0598. The number of halogens is 9. The molecule has 6 aromatic carbocycles. The van der Waals surface area contributed by atoms with Crippen molar-refractivity contribution in [3.05, 3.63) is 229 Å². The minimum atomic E-state index is -0.441. The molecule has 0 unspecified atom stereocenters. The molecule has 0 spiro atoms. The van der Waals surface area contributed by atoms with Crippen LogP contribution < -0.4 is 41.6 Å². The summed E-state index contributed by atoms with van der Waals surface area (Å²) in [5.74, 6) is 0.429. The molecule has 0 aliphatic carbocycles. The number of nitrogens with two attached hydrogens (primary N) is 2. The van der Waals surface area contributed by atoms with Gasteiger partial charge in [-0.05, 0) is 92.1 Å². The minimum absolute atomic E-state index is 0.184. The molecule has 95 heavy (non-hydrogen) atoms. The first-order valence-electron chi connectivity index (χ1n) is 28.2. The Morgan fingerprint density at radius 3 is 1.15 bits per heavy atom. The number of nitrogens with one attached hydrogen (secondary N) is 3. The fourth-order valence-electron chi connectivity index (χ4n) is 10.3. The van der Waals surface area contributed by atoms with E-state index in [0.717, 1.165) is 22.3 Å². The SMILES string of the molecule is COc1c(Cl)c(NC(=O)c2cn(Cc3ccccc3)c3c(Cl)ncnc23)c(Cl)c(C)c1Br.COc1c(Cl)c(NC(=O)c2cn(Cc3ccccc3)c3c(N)ncnc23)c(Cl)c(C)c1Br.COc1cc(C)c(Cl)c(NC(=O)c2cn(Cc3ccccc3)c3c(N)ncnc23)c1Cl. The molecule has 0 atom stereocenters. The largest absolute Gasteiger partial charge is 0.495 e. The fraction of sp³-hybridized carbons (Fsp3) is 0.136. The summed E-state index contributed by atoms with van der Waals surface area (Å²) in [5, 5.41) is 10.2. The van der Waals surface area contributed by atoms with Crippen molar-refractivity contribution in [3.63, 3.8) is 0 Å². The predicted octanol–water partition coefficient (Wildman–Crippen LogP) is 17.4. The zero-order valence-electron chi connectivity index (χ0n) is 50.9. The molecule has 0 fully saturated rings. The maximum atomic E-state index is 13.3. The van der Waals surface area contributed by atoms with Crippen LogP contribution in [0.4, 0.5) is 28.7 Å². The minimum Gasteiger partial charge on any atom is -0.495 e. The third-order valence-corrected chi connectivity index (χ3v) is 19.7. The van der Waals surface area contributed by atoms with Gasteiger partial charge in [-0.15, -0.1) is 0 Å². The first kappa shape index (κ1) is 69.4. The predicted molar refractivity (Wildman–Crippen MR) is 386 cm³/mol. The van der Waals surface area contributed by atoms with Crippen molar-refractivity contribution in [2.24, 2.45) is 0 Å². The number of ether oxygens (including phenoxy) is 3. The second-order valence-corrected chi connectivity index (χ2v) is 25.2. The molecule has 0 bridgehead atoms. The first-order chi connectivity index (χ1) is 45.6. The molecule has 3 amide bonds. The molecule has 0 aliphatic heterocycles. The Labute approximate surface area is 595 Å². The Morgan fingerprint density at radius 1 is 0.453 bits per heavy atom. The van der Waals surface area contributed by atoms with Gasteiger partial charge in [0.05, 0.1) is 79.1 Å². The Bertz CT molecular complexity index is 4740.